The molecule has 0 saturated carbocycles. The highest BCUT2D eigenvalue weighted by atomic mass is 16.5. The van der Waals surface area contributed by atoms with Crippen LogP contribution in [0.25, 0.3) is 0 Å². The predicted molar refractivity (Wildman–Crippen MR) is 99.3 cm³/mol. The van der Waals surface area contributed by atoms with Crippen LogP contribution in [0.2, 0.25) is 0 Å². The number of nitrogens with one attached hydrogen (secondary N) is 1. The van der Waals surface area contributed by atoms with Gasteiger partial charge < -0.3 is 20.3 Å². The van der Waals surface area contributed by atoms with Gasteiger partial charge in [0.1, 0.15) is 5.76 Å². The van der Waals surface area contributed by atoms with E-state index in [4.69, 9.17) is 4.74 Å². The summed E-state index contributed by atoms with van der Waals surface area (Å²) in [7, 11) is 0. The van der Waals surface area contributed by atoms with Crippen LogP contribution < -0.4 is 5.32 Å². The number of aliphatic hydroxyl groups excluding tert-OH is 1. The molecule has 2 heterocycles. The zero-order valence-electron chi connectivity index (χ0n) is 15.3. The Bertz CT molecular complexity index is 841. The monoisotopic (exact) mass is 369 g/mol. The van der Waals surface area contributed by atoms with Crippen LogP contribution in [0.4, 0.5) is 0 Å². The van der Waals surface area contributed by atoms with Gasteiger partial charge in [-0.05, 0) is 25.0 Å². The Balaban J connectivity index is 1.88. The lowest BCUT2D eigenvalue weighted by atomic mass is 9.86. The van der Waals surface area contributed by atoms with E-state index in [9.17, 15) is 19.8 Å². The fraction of sp³-hybridized carbons (Fsp3) is 0.333. The summed E-state index contributed by atoms with van der Waals surface area (Å²) in [5, 5.41) is 24.1. The molecule has 2 aliphatic rings. The Morgan fingerprint density at radius 3 is 2.59 bits per heavy atom. The van der Waals surface area contributed by atoms with E-state index in [-0.39, 0.29) is 17.8 Å². The van der Waals surface area contributed by atoms with Gasteiger partial charge in [-0.2, -0.15) is 0 Å². The van der Waals surface area contributed by atoms with Crippen LogP contribution in [0.15, 0.2) is 66.0 Å². The highest BCUT2D eigenvalue weighted by Gasteiger charge is 2.70. The molecular formula is C21H23NO5. The number of rotatable bonds is 5. The summed E-state index contributed by atoms with van der Waals surface area (Å²) < 4.78 is 5.66. The molecule has 6 heteroatoms. The van der Waals surface area contributed by atoms with E-state index in [0.717, 1.165) is 6.42 Å². The van der Waals surface area contributed by atoms with Crippen LogP contribution in [0.1, 0.15) is 25.8 Å². The van der Waals surface area contributed by atoms with Gasteiger partial charge >= 0.3 is 0 Å². The quantitative estimate of drug-likeness (QED) is 0.541. The van der Waals surface area contributed by atoms with Gasteiger partial charge in [-0.3, -0.25) is 9.59 Å². The molecule has 0 bridgehead atoms. The standard InChI is InChI=1S/C21H23NO5/c1-3-4-5-9-12-16-14(2)17(23)21(27-16)18(24)20(26,22-19(21)25)13-15-10-7-6-8-11-15/h4-12,18,24,26H,3,13H2,1-2H3,(H,22,25)/b5-4+,12-9+/t18-,20+,21?/m0/s1. The third-order valence-corrected chi connectivity index (χ3v) is 4.87. The minimum Gasteiger partial charge on any atom is -0.466 e. The molecule has 1 aromatic carbocycles. The predicted octanol–water partition coefficient (Wildman–Crippen LogP) is 1.54. The Kier molecular flexibility index (Phi) is 5.04. The van der Waals surface area contributed by atoms with E-state index in [1.165, 1.54) is 6.92 Å². The maximum Gasteiger partial charge on any atom is 0.278 e. The summed E-state index contributed by atoms with van der Waals surface area (Å²) in [6.07, 6.45) is 6.05. The van der Waals surface area contributed by atoms with E-state index in [1.807, 2.05) is 19.1 Å². The van der Waals surface area contributed by atoms with Crippen molar-refractivity contribution in [2.75, 3.05) is 0 Å². The zero-order chi connectivity index (χ0) is 19.7. The number of amides is 1. The van der Waals surface area contributed by atoms with Gasteiger partial charge in [0, 0.05) is 12.0 Å². The zero-order valence-corrected chi connectivity index (χ0v) is 15.3. The second-order valence-corrected chi connectivity index (χ2v) is 6.79. The molecule has 3 rings (SSSR count). The molecule has 1 aromatic rings. The maximum atomic E-state index is 12.8. The van der Waals surface area contributed by atoms with Gasteiger partial charge in [-0.15, -0.1) is 0 Å². The van der Waals surface area contributed by atoms with Gasteiger partial charge in [-0.25, -0.2) is 0 Å². The van der Waals surface area contributed by atoms with Crippen molar-refractivity contribution in [2.45, 2.75) is 44.1 Å². The average Bonchev–Trinajstić information content (AvgIpc) is 3.01. The molecule has 0 aromatic heterocycles. The molecule has 0 radical (unpaired) electrons. The van der Waals surface area contributed by atoms with Crippen LogP contribution in [0.3, 0.4) is 0 Å². The molecule has 1 saturated heterocycles. The van der Waals surface area contributed by atoms with Gasteiger partial charge in [0.15, 0.2) is 11.8 Å². The average molecular weight is 369 g/mol. The van der Waals surface area contributed by atoms with Crippen LogP contribution in [0.5, 0.6) is 0 Å². The van der Waals surface area contributed by atoms with Gasteiger partial charge in [0.25, 0.3) is 11.5 Å². The molecule has 1 spiro atoms. The second-order valence-electron chi connectivity index (χ2n) is 6.79. The van der Waals surface area contributed by atoms with Crippen molar-refractivity contribution in [3.8, 4) is 0 Å². The maximum absolute atomic E-state index is 12.8. The molecule has 1 fully saturated rings. The topological polar surface area (TPSA) is 95.9 Å². The smallest absolute Gasteiger partial charge is 0.278 e. The van der Waals surface area contributed by atoms with Crippen LogP contribution >= 0.6 is 0 Å². The normalized spacial score (nSPS) is 30.7. The number of aliphatic hydroxyl groups is 2. The molecule has 142 valence electrons. The number of Topliss-reactive ketones (excluding diaryl/α,β-unsaturated/α-hetero) is 1. The second kappa shape index (κ2) is 7.13. The van der Waals surface area contributed by atoms with Crippen molar-refractivity contribution in [2.24, 2.45) is 0 Å². The van der Waals surface area contributed by atoms with Crippen molar-refractivity contribution in [1.29, 1.82) is 0 Å². The first kappa shape index (κ1) is 19.1. The molecule has 27 heavy (non-hydrogen) atoms. The number of ether oxygens (including phenoxy) is 1. The molecular weight excluding hydrogens is 346 g/mol. The lowest BCUT2D eigenvalue weighted by Crippen LogP contribution is -2.56. The summed E-state index contributed by atoms with van der Waals surface area (Å²) in [5.41, 5.74) is -3.23. The lowest BCUT2D eigenvalue weighted by molar-refractivity contribution is -0.161. The van der Waals surface area contributed by atoms with Gasteiger partial charge in [-0.1, -0.05) is 55.5 Å². The van der Waals surface area contributed by atoms with E-state index in [0.29, 0.717) is 5.56 Å². The number of hydrogen-bond acceptors (Lipinski definition) is 5. The number of allylic oxidation sites excluding steroid dienone is 4. The van der Waals surface area contributed by atoms with Crippen LogP contribution in [-0.2, 0) is 20.7 Å². The summed E-state index contributed by atoms with van der Waals surface area (Å²) in [6.45, 7) is 3.53. The molecule has 1 amide bonds. The molecule has 0 aliphatic carbocycles. The van der Waals surface area contributed by atoms with Crippen molar-refractivity contribution >= 4 is 11.7 Å². The van der Waals surface area contributed by atoms with Crippen molar-refractivity contribution in [1.82, 2.24) is 5.32 Å². The molecule has 6 nitrogen and oxygen atoms in total. The number of benzene rings is 1. The number of carbonyl (C=O) groups is 2. The van der Waals surface area contributed by atoms with Crippen LogP contribution in [0, 0.1) is 0 Å². The van der Waals surface area contributed by atoms with Gasteiger partial charge in [0.05, 0.1) is 0 Å². The lowest BCUT2D eigenvalue weighted by Gasteiger charge is -2.30. The first-order valence-electron chi connectivity index (χ1n) is 8.90. The molecule has 2 aliphatic heterocycles. The summed E-state index contributed by atoms with van der Waals surface area (Å²) in [5.74, 6) is -1.28. The largest absolute Gasteiger partial charge is 0.466 e. The third-order valence-electron chi connectivity index (χ3n) is 4.87. The molecule has 1 unspecified atom stereocenters. The summed E-state index contributed by atoms with van der Waals surface area (Å²) in [6, 6.07) is 8.91. The van der Waals surface area contributed by atoms with E-state index in [2.05, 4.69) is 5.32 Å². The Morgan fingerprint density at radius 1 is 1.22 bits per heavy atom. The first-order valence-corrected chi connectivity index (χ1v) is 8.90. The fourth-order valence-corrected chi connectivity index (χ4v) is 3.40. The van der Waals surface area contributed by atoms with Crippen molar-refractivity contribution in [3.05, 3.63) is 71.5 Å². The summed E-state index contributed by atoms with van der Waals surface area (Å²) >= 11 is 0. The first-order chi connectivity index (χ1) is 12.8. The summed E-state index contributed by atoms with van der Waals surface area (Å²) in [4.78, 5) is 25.5. The van der Waals surface area contributed by atoms with Crippen molar-refractivity contribution < 1.29 is 24.5 Å². The van der Waals surface area contributed by atoms with E-state index >= 15 is 0 Å². The van der Waals surface area contributed by atoms with Crippen LogP contribution in [-0.4, -0.2) is 39.3 Å². The van der Waals surface area contributed by atoms with E-state index in [1.54, 1.807) is 42.5 Å². The number of hydrogen-bond donors (Lipinski definition) is 3. The third kappa shape index (κ3) is 3.11. The minimum atomic E-state index is -2.16. The Hall–Kier alpha value is -2.70. The Labute approximate surface area is 157 Å². The highest BCUT2D eigenvalue weighted by Crippen LogP contribution is 2.42. The molecule has 3 atom stereocenters. The number of ketones is 1. The van der Waals surface area contributed by atoms with Gasteiger partial charge in [0.2, 0.25) is 5.78 Å². The minimum absolute atomic E-state index is 0.0530. The Morgan fingerprint density at radius 2 is 1.93 bits per heavy atom. The fourth-order valence-electron chi connectivity index (χ4n) is 3.40. The van der Waals surface area contributed by atoms with Crippen molar-refractivity contribution in [3.63, 3.8) is 0 Å². The molecule has 3 N–H and O–H groups in total. The SMILES string of the molecule is CC/C=C/C=C/C1=C(C)C(=O)C2(O1)C(=O)N[C@@](O)(Cc1ccccc1)[C@@H]2O. The van der Waals surface area contributed by atoms with E-state index < -0.39 is 29.1 Å². The highest BCUT2D eigenvalue weighted by molar-refractivity contribution is 6.20. The number of carbonyl (C=O) groups excluding carboxylic acids is 2.